The molecule has 0 aliphatic carbocycles. The third kappa shape index (κ3) is 4.15. The van der Waals surface area contributed by atoms with Crippen LogP contribution in [0.5, 0.6) is 0 Å². The lowest BCUT2D eigenvalue weighted by molar-refractivity contribution is 0.546. The fraction of sp³-hybridized carbons (Fsp3) is 0.375. The molecule has 21 heavy (non-hydrogen) atoms. The summed E-state index contributed by atoms with van der Waals surface area (Å²) in [7, 11) is 1.83. The van der Waals surface area contributed by atoms with Gasteiger partial charge in [-0.1, -0.05) is 32.9 Å². The highest BCUT2D eigenvalue weighted by Gasteiger charge is 2.18. The maximum absolute atomic E-state index is 12.9. The van der Waals surface area contributed by atoms with Crippen molar-refractivity contribution in [3.05, 3.63) is 47.5 Å². The van der Waals surface area contributed by atoms with Gasteiger partial charge >= 0.3 is 0 Å². The van der Waals surface area contributed by atoms with Gasteiger partial charge in [-0.2, -0.15) is 0 Å². The van der Waals surface area contributed by atoms with Crippen molar-refractivity contribution in [2.75, 3.05) is 17.7 Å². The molecule has 1 aromatic heterocycles. The van der Waals surface area contributed by atoms with Crippen molar-refractivity contribution in [3.8, 4) is 0 Å². The van der Waals surface area contributed by atoms with Crippen LogP contribution in [0.4, 0.5) is 16.0 Å². The first-order chi connectivity index (χ1) is 9.88. The largest absolute Gasteiger partial charge is 0.373 e. The Morgan fingerprint density at radius 1 is 1.05 bits per heavy atom. The Morgan fingerprint density at radius 3 is 2.24 bits per heavy atom. The minimum absolute atomic E-state index is 0.126. The zero-order valence-electron chi connectivity index (χ0n) is 12.9. The number of nitrogens with one attached hydrogen (secondary N) is 2. The molecule has 1 heterocycles. The molecule has 1 aromatic carbocycles. The van der Waals surface area contributed by atoms with Gasteiger partial charge < -0.3 is 10.6 Å². The highest BCUT2D eigenvalue weighted by Crippen LogP contribution is 2.22. The number of aromatic nitrogens is 2. The van der Waals surface area contributed by atoms with E-state index in [1.165, 1.54) is 12.1 Å². The van der Waals surface area contributed by atoms with Gasteiger partial charge in [0.15, 0.2) is 0 Å². The molecule has 0 radical (unpaired) electrons. The van der Waals surface area contributed by atoms with E-state index in [1.54, 1.807) is 12.1 Å². The fourth-order valence-corrected chi connectivity index (χ4v) is 1.80. The Labute approximate surface area is 124 Å². The molecule has 0 saturated carbocycles. The van der Waals surface area contributed by atoms with E-state index in [4.69, 9.17) is 0 Å². The predicted molar refractivity (Wildman–Crippen MR) is 84.0 cm³/mol. The van der Waals surface area contributed by atoms with Gasteiger partial charge in [-0.05, 0) is 17.7 Å². The molecule has 2 rings (SSSR count). The van der Waals surface area contributed by atoms with Crippen molar-refractivity contribution in [1.29, 1.82) is 0 Å². The second-order valence-corrected chi connectivity index (χ2v) is 5.94. The molecule has 0 atom stereocenters. The van der Waals surface area contributed by atoms with E-state index in [2.05, 4.69) is 41.4 Å². The van der Waals surface area contributed by atoms with Crippen molar-refractivity contribution in [2.24, 2.45) is 0 Å². The Bertz CT molecular complexity index is 603. The summed E-state index contributed by atoms with van der Waals surface area (Å²) in [6.07, 6.45) is 0. The molecule has 2 aromatic rings. The number of benzene rings is 1. The predicted octanol–water partition coefficient (Wildman–Crippen LogP) is 3.57. The molecule has 0 saturated heterocycles. The molecule has 0 unspecified atom stereocenters. The van der Waals surface area contributed by atoms with Crippen molar-refractivity contribution < 1.29 is 4.39 Å². The fourth-order valence-electron chi connectivity index (χ4n) is 1.80. The lowest BCUT2D eigenvalue weighted by atomic mass is 9.96. The molecule has 0 amide bonds. The molecule has 0 bridgehead atoms. The Balaban J connectivity index is 2.17. The van der Waals surface area contributed by atoms with E-state index in [-0.39, 0.29) is 11.2 Å². The van der Waals surface area contributed by atoms with Crippen molar-refractivity contribution in [3.63, 3.8) is 0 Å². The van der Waals surface area contributed by atoms with Gasteiger partial charge in [0, 0.05) is 25.1 Å². The second kappa shape index (κ2) is 6.08. The van der Waals surface area contributed by atoms with E-state index in [0.29, 0.717) is 6.54 Å². The minimum atomic E-state index is -0.228. The Hall–Kier alpha value is -2.17. The zero-order chi connectivity index (χ0) is 15.5. The number of nitrogens with zero attached hydrogens (tertiary/aromatic N) is 2. The van der Waals surface area contributed by atoms with Crippen LogP contribution in [-0.4, -0.2) is 17.0 Å². The van der Waals surface area contributed by atoms with Crippen LogP contribution in [0.1, 0.15) is 32.2 Å². The van der Waals surface area contributed by atoms with Gasteiger partial charge in [0.05, 0.1) is 0 Å². The molecular formula is C16H21FN4. The summed E-state index contributed by atoms with van der Waals surface area (Å²) in [6, 6.07) is 8.28. The van der Waals surface area contributed by atoms with Gasteiger partial charge in [0.25, 0.3) is 0 Å². The van der Waals surface area contributed by atoms with Crippen molar-refractivity contribution in [2.45, 2.75) is 32.7 Å². The average Bonchev–Trinajstić information content (AvgIpc) is 2.45. The summed E-state index contributed by atoms with van der Waals surface area (Å²) in [5.74, 6) is 2.07. The van der Waals surface area contributed by atoms with Crippen LogP contribution in [0.15, 0.2) is 30.3 Å². The number of halogens is 1. The van der Waals surface area contributed by atoms with Gasteiger partial charge in [-0.25, -0.2) is 14.4 Å². The van der Waals surface area contributed by atoms with Crippen LogP contribution in [0, 0.1) is 5.82 Å². The Morgan fingerprint density at radius 2 is 1.67 bits per heavy atom. The maximum atomic E-state index is 12.9. The quantitative estimate of drug-likeness (QED) is 0.903. The second-order valence-electron chi connectivity index (χ2n) is 5.94. The molecule has 0 fully saturated rings. The normalized spacial score (nSPS) is 11.3. The van der Waals surface area contributed by atoms with Crippen molar-refractivity contribution >= 4 is 11.6 Å². The first-order valence-electron chi connectivity index (χ1n) is 6.94. The van der Waals surface area contributed by atoms with Crippen LogP contribution in [0.3, 0.4) is 0 Å². The van der Waals surface area contributed by atoms with Crippen LogP contribution in [-0.2, 0) is 12.0 Å². The summed E-state index contributed by atoms with van der Waals surface area (Å²) in [5.41, 5.74) is 0.873. The lowest BCUT2D eigenvalue weighted by Gasteiger charge is -2.19. The highest BCUT2D eigenvalue weighted by atomic mass is 19.1. The first kappa shape index (κ1) is 15.2. The summed E-state index contributed by atoms with van der Waals surface area (Å²) in [6.45, 7) is 6.81. The van der Waals surface area contributed by atoms with Gasteiger partial charge in [0.1, 0.15) is 23.3 Å². The molecule has 5 heteroatoms. The van der Waals surface area contributed by atoms with Crippen LogP contribution in [0.2, 0.25) is 0 Å². The van der Waals surface area contributed by atoms with Crippen molar-refractivity contribution in [1.82, 2.24) is 9.97 Å². The number of hydrogen-bond acceptors (Lipinski definition) is 4. The zero-order valence-corrected chi connectivity index (χ0v) is 12.9. The van der Waals surface area contributed by atoms with Crippen LogP contribution < -0.4 is 10.6 Å². The first-order valence-corrected chi connectivity index (χ1v) is 6.94. The van der Waals surface area contributed by atoms with Crippen LogP contribution in [0.25, 0.3) is 0 Å². The maximum Gasteiger partial charge on any atom is 0.138 e. The number of rotatable bonds is 4. The van der Waals surface area contributed by atoms with E-state index in [9.17, 15) is 4.39 Å². The highest BCUT2D eigenvalue weighted by molar-refractivity contribution is 5.48. The molecule has 4 nitrogen and oxygen atoms in total. The number of anilines is 2. The molecular weight excluding hydrogens is 267 g/mol. The third-order valence-corrected chi connectivity index (χ3v) is 3.04. The van der Waals surface area contributed by atoms with E-state index in [1.807, 2.05) is 13.1 Å². The Kier molecular flexibility index (Phi) is 4.40. The summed E-state index contributed by atoms with van der Waals surface area (Å²) >= 11 is 0. The lowest BCUT2D eigenvalue weighted by Crippen LogP contribution is -2.18. The smallest absolute Gasteiger partial charge is 0.138 e. The van der Waals surface area contributed by atoms with E-state index >= 15 is 0 Å². The number of hydrogen-bond donors (Lipinski definition) is 2. The standard InChI is InChI=1S/C16H21FN4/c1-16(2,3)15-20-13(18-4)9-14(21-15)19-10-11-5-7-12(17)8-6-11/h5-9H,10H2,1-4H3,(H2,18,19,20,21). The minimum Gasteiger partial charge on any atom is -0.373 e. The van der Waals surface area contributed by atoms with Crippen LogP contribution >= 0.6 is 0 Å². The van der Waals surface area contributed by atoms with Gasteiger partial charge in [-0.15, -0.1) is 0 Å². The SMILES string of the molecule is CNc1cc(NCc2ccc(F)cc2)nc(C(C)(C)C)n1. The summed E-state index contributed by atoms with van der Waals surface area (Å²) in [4.78, 5) is 9.03. The van der Waals surface area contributed by atoms with Gasteiger partial charge in [-0.3, -0.25) is 0 Å². The summed E-state index contributed by atoms with van der Waals surface area (Å²) in [5, 5.41) is 6.30. The average molecular weight is 288 g/mol. The summed E-state index contributed by atoms with van der Waals surface area (Å²) < 4.78 is 12.9. The van der Waals surface area contributed by atoms with E-state index in [0.717, 1.165) is 23.0 Å². The topological polar surface area (TPSA) is 49.8 Å². The molecule has 0 aliphatic heterocycles. The molecule has 0 spiro atoms. The molecule has 112 valence electrons. The third-order valence-electron chi connectivity index (χ3n) is 3.04. The molecule has 2 N–H and O–H groups in total. The molecule has 0 aliphatic rings. The van der Waals surface area contributed by atoms with Gasteiger partial charge in [0.2, 0.25) is 0 Å². The van der Waals surface area contributed by atoms with E-state index < -0.39 is 0 Å². The monoisotopic (exact) mass is 288 g/mol.